The number of hydrogen-bond acceptors (Lipinski definition) is 6. The summed E-state index contributed by atoms with van der Waals surface area (Å²) in [6.45, 7) is 1.61. The van der Waals surface area contributed by atoms with Crippen molar-refractivity contribution < 1.29 is 22.3 Å². The van der Waals surface area contributed by atoms with Crippen LogP contribution >= 0.6 is 11.6 Å². The number of rotatable bonds is 4. The molecule has 4 heterocycles. The zero-order valence-corrected chi connectivity index (χ0v) is 19.1. The number of ether oxygens (including phenoxy) is 1. The van der Waals surface area contributed by atoms with Gasteiger partial charge in [-0.25, -0.2) is 9.37 Å². The molecule has 1 saturated heterocycles. The van der Waals surface area contributed by atoms with Gasteiger partial charge in [-0.2, -0.15) is 23.0 Å². The largest absolute Gasteiger partial charge is 0.418 e. The SMILES string of the molecule is O=c1c(Cl)c(N2CCn3c(Nc4ccc(F)cc4C(F)(F)F)cnc3C2)cnn1C1CCCCO1. The lowest BCUT2D eigenvalue weighted by molar-refractivity contribution is -0.137. The lowest BCUT2D eigenvalue weighted by atomic mass is 10.1. The van der Waals surface area contributed by atoms with E-state index in [0.717, 1.165) is 25.0 Å². The van der Waals surface area contributed by atoms with Gasteiger partial charge in [-0.1, -0.05) is 11.6 Å². The van der Waals surface area contributed by atoms with Crippen molar-refractivity contribution in [3.63, 3.8) is 0 Å². The number of fused-ring (bicyclic) bond motifs is 1. The highest BCUT2D eigenvalue weighted by Gasteiger charge is 2.34. The number of imidazole rings is 1. The summed E-state index contributed by atoms with van der Waals surface area (Å²) in [6, 6.07) is 2.46. The van der Waals surface area contributed by atoms with Crippen molar-refractivity contribution in [2.24, 2.45) is 0 Å². The summed E-state index contributed by atoms with van der Waals surface area (Å²) in [5.74, 6) is -0.0765. The molecule has 2 aromatic heterocycles. The lowest BCUT2D eigenvalue weighted by Gasteiger charge is -2.31. The van der Waals surface area contributed by atoms with Crippen LogP contribution in [-0.2, 0) is 24.0 Å². The highest BCUT2D eigenvalue weighted by Crippen LogP contribution is 2.37. The van der Waals surface area contributed by atoms with Crippen LogP contribution in [0.15, 0.2) is 35.4 Å². The molecule has 3 aromatic rings. The van der Waals surface area contributed by atoms with Crippen molar-refractivity contribution in [1.82, 2.24) is 19.3 Å². The van der Waals surface area contributed by atoms with Gasteiger partial charge < -0.3 is 19.5 Å². The number of hydrogen-bond donors (Lipinski definition) is 1. The standard InChI is InChI=1S/C22H21ClF4N6O2/c23-20-16(10-29-33(21(20)34)19-3-1-2-8-35-19)31-6-7-32-17(11-28-18(32)12-31)30-15-5-4-13(24)9-14(15)22(25,26)27/h4-5,9-11,19,30H,1-3,6-8,12H2. The molecule has 8 nitrogen and oxygen atoms in total. The number of halogens is 5. The maximum atomic E-state index is 13.4. The van der Waals surface area contributed by atoms with Crippen LogP contribution in [-0.4, -0.2) is 32.5 Å². The second-order valence-electron chi connectivity index (χ2n) is 8.36. The molecule has 0 saturated carbocycles. The molecule has 0 spiro atoms. The number of aromatic nitrogens is 4. The summed E-state index contributed by atoms with van der Waals surface area (Å²) in [5.41, 5.74) is -1.37. The van der Waals surface area contributed by atoms with Crippen molar-refractivity contribution in [2.45, 2.75) is 44.8 Å². The monoisotopic (exact) mass is 512 g/mol. The molecule has 13 heteroatoms. The van der Waals surface area contributed by atoms with E-state index in [4.69, 9.17) is 16.3 Å². The number of nitrogens with zero attached hydrogens (tertiary/aromatic N) is 5. The van der Waals surface area contributed by atoms with Crippen LogP contribution < -0.4 is 15.8 Å². The maximum absolute atomic E-state index is 13.4. The molecule has 35 heavy (non-hydrogen) atoms. The Balaban J connectivity index is 1.37. The molecule has 186 valence electrons. The average Bonchev–Trinajstić information content (AvgIpc) is 3.23. The third-order valence-corrected chi connectivity index (χ3v) is 6.46. The van der Waals surface area contributed by atoms with Crippen LogP contribution in [0.3, 0.4) is 0 Å². The quantitative estimate of drug-likeness (QED) is 0.510. The fourth-order valence-corrected chi connectivity index (χ4v) is 4.60. The van der Waals surface area contributed by atoms with Gasteiger partial charge in [0, 0.05) is 19.7 Å². The van der Waals surface area contributed by atoms with E-state index in [-0.39, 0.29) is 17.3 Å². The first-order valence-electron chi connectivity index (χ1n) is 11.0. The molecular formula is C22H21ClF4N6O2. The normalized spacial score (nSPS) is 18.4. The Labute approximate surface area is 202 Å². The fourth-order valence-electron chi connectivity index (χ4n) is 4.34. The highest BCUT2D eigenvalue weighted by atomic mass is 35.5. The summed E-state index contributed by atoms with van der Waals surface area (Å²) in [6.07, 6.45) is 0.333. The Kier molecular flexibility index (Phi) is 6.18. The number of benzene rings is 1. The summed E-state index contributed by atoms with van der Waals surface area (Å²) < 4.78 is 62.2. The second-order valence-corrected chi connectivity index (χ2v) is 8.74. The molecule has 1 unspecified atom stereocenters. The van der Waals surface area contributed by atoms with Crippen LogP contribution in [0.25, 0.3) is 0 Å². The van der Waals surface area contributed by atoms with E-state index in [0.29, 0.717) is 49.5 Å². The van der Waals surface area contributed by atoms with E-state index >= 15 is 0 Å². The molecule has 0 bridgehead atoms. The third-order valence-electron chi connectivity index (χ3n) is 6.11. The summed E-state index contributed by atoms with van der Waals surface area (Å²) in [7, 11) is 0. The van der Waals surface area contributed by atoms with Gasteiger partial charge in [-0.3, -0.25) is 4.79 Å². The van der Waals surface area contributed by atoms with Gasteiger partial charge in [-0.15, -0.1) is 0 Å². The van der Waals surface area contributed by atoms with Gasteiger partial charge in [0.15, 0.2) is 6.23 Å². The summed E-state index contributed by atoms with van der Waals surface area (Å²) >= 11 is 6.42. The number of alkyl halides is 3. The molecule has 0 radical (unpaired) electrons. The second kappa shape index (κ2) is 9.15. The number of nitrogens with one attached hydrogen (secondary N) is 1. The topological polar surface area (TPSA) is 77.2 Å². The molecule has 1 fully saturated rings. The molecule has 1 atom stereocenters. The first-order chi connectivity index (χ1) is 16.7. The van der Waals surface area contributed by atoms with E-state index in [1.165, 1.54) is 17.1 Å². The minimum Gasteiger partial charge on any atom is -0.360 e. The van der Waals surface area contributed by atoms with E-state index in [2.05, 4.69) is 15.4 Å². The zero-order valence-electron chi connectivity index (χ0n) is 18.4. The van der Waals surface area contributed by atoms with Crippen LogP contribution in [0.2, 0.25) is 5.02 Å². The zero-order chi connectivity index (χ0) is 24.7. The van der Waals surface area contributed by atoms with Crippen LogP contribution in [0.1, 0.15) is 36.9 Å². The predicted molar refractivity (Wildman–Crippen MR) is 120 cm³/mol. The van der Waals surface area contributed by atoms with E-state index in [1.807, 2.05) is 4.90 Å². The Morgan fingerprint density at radius 2 is 2.00 bits per heavy atom. The molecule has 1 aromatic carbocycles. The molecule has 5 rings (SSSR count). The smallest absolute Gasteiger partial charge is 0.360 e. The third kappa shape index (κ3) is 4.59. The van der Waals surface area contributed by atoms with Gasteiger partial charge in [-0.05, 0) is 37.5 Å². The fraction of sp³-hybridized carbons (Fsp3) is 0.409. The van der Waals surface area contributed by atoms with Gasteiger partial charge in [0.1, 0.15) is 22.5 Å². The van der Waals surface area contributed by atoms with Crippen LogP contribution in [0, 0.1) is 5.82 Å². The van der Waals surface area contributed by atoms with Crippen molar-refractivity contribution in [3.8, 4) is 0 Å². The van der Waals surface area contributed by atoms with Crippen LogP contribution in [0.5, 0.6) is 0 Å². The van der Waals surface area contributed by atoms with Crippen molar-refractivity contribution in [1.29, 1.82) is 0 Å². The molecular weight excluding hydrogens is 492 g/mol. The molecule has 2 aliphatic rings. The maximum Gasteiger partial charge on any atom is 0.418 e. The predicted octanol–water partition coefficient (Wildman–Crippen LogP) is 4.71. The minimum absolute atomic E-state index is 0.0219. The van der Waals surface area contributed by atoms with Gasteiger partial charge in [0.05, 0.1) is 35.9 Å². The lowest BCUT2D eigenvalue weighted by Crippen LogP contribution is -2.37. The Bertz CT molecular complexity index is 1300. The van der Waals surface area contributed by atoms with Gasteiger partial charge >= 0.3 is 6.18 Å². The van der Waals surface area contributed by atoms with Crippen molar-refractivity contribution >= 4 is 28.8 Å². The highest BCUT2D eigenvalue weighted by molar-refractivity contribution is 6.33. The minimum atomic E-state index is -4.72. The Morgan fingerprint density at radius 1 is 1.17 bits per heavy atom. The summed E-state index contributed by atoms with van der Waals surface area (Å²) in [4.78, 5) is 19.0. The van der Waals surface area contributed by atoms with Crippen molar-refractivity contribution in [3.05, 3.63) is 63.2 Å². The number of anilines is 3. The molecule has 0 aliphatic carbocycles. The van der Waals surface area contributed by atoms with E-state index in [1.54, 1.807) is 4.57 Å². The molecule has 2 aliphatic heterocycles. The van der Waals surface area contributed by atoms with E-state index in [9.17, 15) is 22.4 Å². The Hall–Kier alpha value is -3.12. The Morgan fingerprint density at radius 3 is 2.74 bits per heavy atom. The van der Waals surface area contributed by atoms with Gasteiger partial charge in [0.2, 0.25) is 0 Å². The summed E-state index contributed by atoms with van der Waals surface area (Å²) in [5, 5.41) is 7.02. The average molecular weight is 513 g/mol. The van der Waals surface area contributed by atoms with Crippen LogP contribution in [0.4, 0.5) is 34.8 Å². The first-order valence-corrected chi connectivity index (χ1v) is 11.4. The first kappa shape index (κ1) is 23.6. The van der Waals surface area contributed by atoms with Gasteiger partial charge in [0.25, 0.3) is 5.56 Å². The van der Waals surface area contributed by atoms with Crippen molar-refractivity contribution in [2.75, 3.05) is 23.4 Å². The van der Waals surface area contributed by atoms with E-state index < -0.39 is 29.3 Å². The molecule has 1 N–H and O–H groups in total. The molecule has 0 amide bonds.